The third-order valence-electron chi connectivity index (χ3n) is 4.79. The number of carbonyl (C=O) groups excluding carboxylic acids is 1. The molecule has 0 bridgehead atoms. The van der Waals surface area contributed by atoms with Crippen LogP contribution in [0, 0.1) is 0 Å². The average Bonchev–Trinajstić information content (AvgIpc) is 2.99. The van der Waals surface area contributed by atoms with E-state index in [0.717, 1.165) is 45.3 Å². The predicted octanol–water partition coefficient (Wildman–Crippen LogP) is 3.26. The SMILES string of the molecule is CCN(CC)Cc1ccccc1CNC(=O)C1(N)CCCC1.Cl.Cl. The topological polar surface area (TPSA) is 58.4 Å². The highest BCUT2D eigenvalue weighted by Gasteiger charge is 2.36. The molecular formula is C18H31Cl2N3O. The first-order valence-electron chi connectivity index (χ1n) is 8.45. The molecule has 0 aromatic heterocycles. The average molecular weight is 376 g/mol. The minimum absolute atomic E-state index is 0. The fourth-order valence-electron chi connectivity index (χ4n) is 3.16. The standard InChI is InChI=1S/C18H29N3O.2ClH/c1-3-21(4-2)14-16-10-6-5-9-15(16)13-20-17(22)18(19)11-7-8-12-18;;/h5-6,9-10H,3-4,7-8,11-14,19H2,1-2H3,(H,20,22);2*1H. The summed E-state index contributed by atoms with van der Waals surface area (Å²) in [7, 11) is 0. The number of hydrogen-bond donors (Lipinski definition) is 2. The quantitative estimate of drug-likeness (QED) is 0.768. The minimum atomic E-state index is -0.645. The number of hydrogen-bond acceptors (Lipinski definition) is 3. The molecule has 4 nitrogen and oxygen atoms in total. The first kappa shape index (κ1) is 23.2. The van der Waals surface area contributed by atoms with Crippen molar-refractivity contribution >= 4 is 30.7 Å². The molecule has 1 aromatic rings. The Labute approximate surface area is 158 Å². The number of carbonyl (C=O) groups is 1. The summed E-state index contributed by atoms with van der Waals surface area (Å²) in [5, 5.41) is 3.05. The molecule has 0 radical (unpaired) electrons. The van der Waals surface area contributed by atoms with Gasteiger partial charge in [-0.05, 0) is 37.1 Å². The molecule has 0 aliphatic heterocycles. The zero-order chi connectivity index (χ0) is 16.0. The Morgan fingerprint density at radius 1 is 1.12 bits per heavy atom. The summed E-state index contributed by atoms with van der Waals surface area (Å²) in [6.07, 6.45) is 3.73. The number of nitrogens with zero attached hydrogens (tertiary/aromatic N) is 1. The van der Waals surface area contributed by atoms with Crippen LogP contribution in [-0.4, -0.2) is 29.4 Å². The van der Waals surface area contributed by atoms with E-state index in [1.165, 1.54) is 11.1 Å². The van der Waals surface area contributed by atoms with Gasteiger partial charge in [-0.1, -0.05) is 51.0 Å². The van der Waals surface area contributed by atoms with Gasteiger partial charge in [-0.2, -0.15) is 0 Å². The Balaban J connectivity index is 0.00000264. The van der Waals surface area contributed by atoms with Crippen LogP contribution in [-0.2, 0) is 17.9 Å². The normalized spacial score (nSPS) is 15.5. The van der Waals surface area contributed by atoms with Gasteiger partial charge >= 0.3 is 0 Å². The molecule has 1 fully saturated rings. The Hall–Kier alpha value is -0.810. The zero-order valence-electron chi connectivity index (χ0n) is 14.7. The van der Waals surface area contributed by atoms with Crippen molar-refractivity contribution in [3.63, 3.8) is 0 Å². The highest BCUT2D eigenvalue weighted by Crippen LogP contribution is 2.27. The van der Waals surface area contributed by atoms with Crippen LogP contribution in [0.15, 0.2) is 24.3 Å². The summed E-state index contributed by atoms with van der Waals surface area (Å²) in [5.74, 6) is 0.00245. The fraction of sp³-hybridized carbons (Fsp3) is 0.611. The van der Waals surface area contributed by atoms with Crippen LogP contribution in [0.3, 0.4) is 0 Å². The number of amides is 1. The van der Waals surface area contributed by atoms with Crippen LogP contribution in [0.25, 0.3) is 0 Å². The lowest BCUT2D eigenvalue weighted by atomic mass is 9.98. The lowest BCUT2D eigenvalue weighted by molar-refractivity contribution is -0.126. The van der Waals surface area contributed by atoms with Crippen molar-refractivity contribution in [2.75, 3.05) is 13.1 Å². The van der Waals surface area contributed by atoms with Gasteiger partial charge in [0.05, 0.1) is 5.54 Å². The summed E-state index contributed by atoms with van der Waals surface area (Å²) in [4.78, 5) is 14.7. The maximum absolute atomic E-state index is 12.3. The van der Waals surface area contributed by atoms with Gasteiger partial charge in [0.15, 0.2) is 0 Å². The maximum atomic E-state index is 12.3. The molecule has 0 atom stereocenters. The molecule has 0 heterocycles. The first-order chi connectivity index (χ1) is 10.6. The number of halogens is 2. The molecule has 0 unspecified atom stereocenters. The van der Waals surface area contributed by atoms with Gasteiger partial charge in [0.25, 0.3) is 0 Å². The molecule has 1 aliphatic carbocycles. The van der Waals surface area contributed by atoms with Crippen molar-refractivity contribution < 1.29 is 4.79 Å². The van der Waals surface area contributed by atoms with Crippen molar-refractivity contribution in [2.24, 2.45) is 5.73 Å². The Morgan fingerprint density at radius 3 is 2.21 bits per heavy atom. The highest BCUT2D eigenvalue weighted by atomic mass is 35.5. The van der Waals surface area contributed by atoms with Gasteiger partial charge in [-0.3, -0.25) is 9.69 Å². The second-order valence-corrected chi connectivity index (χ2v) is 6.28. The van der Waals surface area contributed by atoms with Crippen LogP contribution in [0.4, 0.5) is 0 Å². The molecule has 6 heteroatoms. The van der Waals surface area contributed by atoms with Crippen molar-refractivity contribution in [1.29, 1.82) is 0 Å². The first-order valence-corrected chi connectivity index (χ1v) is 8.45. The predicted molar refractivity (Wildman–Crippen MR) is 105 cm³/mol. The van der Waals surface area contributed by atoms with E-state index in [4.69, 9.17) is 5.73 Å². The molecular weight excluding hydrogens is 345 g/mol. The zero-order valence-corrected chi connectivity index (χ0v) is 16.3. The third-order valence-corrected chi connectivity index (χ3v) is 4.79. The Morgan fingerprint density at radius 2 is 1.67 bits per heavy atom. The summed E-state index contributed by atoms with van der Waals surface area (Å²) in [5.41, 5.74) is 8.03. The second-order valence-electron chi connectivity index (χ2n) is 6.28. The molecule has 1 amide bonds. The molecule has 3 N–H and O–H groups in total. The van der Waals surface area contributed by atoms with E-state index in [2.05, 4.69) is 42.3 Å². The van der Waals surface area contributed by atoms with E-state index in [-0.39, 0.29) is 30.7 Å². The molecule has 1 aliphatic rings. The summed E-state index contributed by atoms with van der Waals surface area (Å²) >= 11 is 0. The minimum Gasteiger partial charge on any atom is -0.350 e. The lowest BCUT2D eigenvalue weighted by Crippen LogP contribution is -2.51. The van der Waals surface area contributed by atoms with Gasteiger partial charge < -0.3 is 11.1 Å². The van der Waals surface area contributed by atoms with E-state index >= 15 is 0 Å². The lowest BCUT2D eigenvalue weighted by Gasteiger charge is -2.23. The van der Waals surface area contributed by atoms with E-state index in [9.17, 15) is 4.79 Å². The summed E-state index contributed by atoms with van der Waals surface area (Å²) in [6.45, 7) is 7.90. The van der Waals surface area contributed by atoms with Crippen LogP contribution in [0.2, 0.25) is 0 Å². The number of nitrogens with two attached hydrogens (primary N) is 1. The molecule has 1 aromatic carbocycles. The smallest absolute Gasteiger partial charge is 0.240 e. The number of benzene rings is 1. The Bertz CT molecular complexity index is 501. The van der Waals surface area contributed by atoms with Gasteiger partial charge in [0.1, 0.15) is 0 Å². The summed E-state index contributed by atoms with van der Waals surface area (Å²) < 4.78 is 0. The van der Waals surface area contributed by atoms with Crippen molar-refractivity contribution in [1.82, 2.24) is 10.2 Å². The van der Waals surface area contributed by atoms with Crippen LogP contribution < -0.4 is 11.1 Å². The van der Waals surface area contributed by atoms with Crippen molar-refractivity contribution in [2.45, 2.75) is 58.2 Å². The second kappa shape index (κ2) is 10.9. The maximum Gasteiger partial charge on any atom is 0.240 e. The third kappa shape index (κ3) is 5.92. The monoisotopic (exact) mass is 375 g/mol. The van der Waals surface area contributed by atoms with E-state index in [1.54, 1.807) is 0 Å². The van der Waals surface area contributed by atoms with Crippen LogP contribution in [0.5, 0.6) is 0 Å². The molecule has 1 saturated carbocycles. The van der Waals surface area contributed by atoms with Crippen LogP contribution >= 0.6 is 24.8 Å². The van der Waals surface area contributed by atoms with Crippen LogP contribution in [0.1, 0.15) is 50.7 Å². The number of rotatable bonds is 7. The van der Waals surface area contributed by atoms with Gasteiger partial charge in [0, 0.05) is 13.1 Å². The Kier molecular flexibility index (Phi) is 10.6. The largest absolute Gasteiger partial charge is 0.350 e. The van der Waals surface area contributed by atoms with Gasteiger partial charge in [-0.15, -0.1) is 24.8 Å². The van der Waals surface area contributed by atoms with Gasteiger partial charge in [-0.25, -0.2) is 0 Å². The molecule has 24 heavy (non-hydrogen) atoms. The molecule has 0 saturated heterocycles. The highest BCUT2D eigenvalue weighted by molar-refractivity contribution is 5.86. The van der Waals surface area contributed by atoms with E-state index in [0.29, 0.717) is 6.54 Å². The van der Waals surface area contributed by atoms with E-state index in [1.807, 2.05) is 6.07 Å². The fourth-order valence-corrected chi connectivity index (χ4v) is 3.16. The van der Waals surface area contributed by atoms with E-state index < -0.39 is 5.54 Å². The van der Waals surface area contributed by atoms with Crippen molar-refractivity contribution in [3.8, 4) is 0 Å². The summed E-state index contributed by atoms with van der Waals surface area (Å²) in [6, 6.07) is 8.33. The number of nitrogens with one attached hydrogen (secondary N) is 1. The van der Waals surface area contributed by atoms with Gasteiger partial charge in [0.2, 0.25) is 5.91 Å². The molecule has 138 valence electrons. The van der Waals surface area contributed by atoms with Crippen molar-refractivity contribution in [3.05, 3.63) is 35.4 Å². The molecule has 0 spiro atoms. The molecule has 2 rings (SSSR count).